The number of benzene rings is 1. The Hall–Kier alpha value is -0.770. The minimum Gasteiger partial charge on any atom is -0.493 e. The van der Waals surface area contributed by atoms with E-state index in [2.05, 4.69) is 17.4 Å². The zero-order valence-corrected chi connectivity index (χ0v) is 10.8. The van der Waals surface area contributed by atoms with Gasteiger partial charge in [-0.1, -0.05) is 12.1 Å². The molecule has 1 fully saturated rings. The predicted molar refractivity (Wildman–Crippen MR) is 69.0 cm³/mol. The molecule has 3 nitrogen and oxygen atoms in total. The summed E-state index contributed by atoms with van der Waals surface area (Å²) in [7, 11) is 0. The number of ether oxygens (including phenoxy) is 2. The fraction of sp³-hybridized carbons (Fsp3) is 0.538. The second-order valence-corrected chi connectivity index (χ2v) is 4.37. The van der Waals surface area contributed by atoms with Gasteiger partial charge in [0.05, 0.1) is 19.3 Å². The Morgan fingerprint density at radius 2 is 2.29 bits per heavy atom. The first-order valence-electron chi connectivity index (χ1n) is 5.97. The van der Waals surface area contributed by atoms with E-state index in [0.717, 1.165) is 18.8 Å². The maximum absolute atomic E-state index is 5.87. The number of hydrogen-bond donors (Lipinski definition) is 1. The van der Waals surface area contributed by atoms with Crippen LogP contribution in [0.1, 0.15) is 24.0 Å². The van der Waals surface area contributed by atoms with Gasteiger partial charge in [0.25, 0.3) is 0 Å². The number of nitrogens with one attached hydrogen (secondary N) is 1. The molecule has 2 atom stereocenters. The molecule has 1 aromatic rings. The van der Waals surface area contributed by atoms with Crippen molar-refractivity contribution in [2.75, 3.05) is 19.7 Å². The summed E-state index contributed by atoms with van der Waals surface area (Å²) in [6.45, 7) is 5.41. The lowest BCUT2D eigenvalue weighted by atomic mass is 9.89. The highest BCUT2D eigenvalue weighted by Crippen LogP contribution is 2.37. The van der Waals surface area contributed by atoms with Gasteiger partial charge in [-0.3, -0.25) is 0 Å². The van der Waals surface area contributed by atoms with E-state index in [1.165, 1.54) is 11.1 Å². The molecule has 3 rings (SSSR count). The second kappa shape index (κ2) is 5.25. The molecular weight excluding hydrogens is 238 g/mol. The van der Waals surface area contributed by atoms with E-state index in [0.29, 0.717) is 25.2 Å². The molecule has 4 heteroatoms. The van der Waals surface area contributed by atoms with Crippen LogP contribution >= 0.6 is 12.4 Å². The number of hydrogen-bond acceptors (Lipinski definition) is 3. The average molecular weight is 256 g/mol. The van der Waals surface area contributed by atoms with Crippen molar-refractivity contribution in [3.63, 3.8) is 0 Å². The molecule has 1 saturated heterocycles. The highest BCUT2D eigenvalue weighted by molar-refractivity contribution is 5.85. The van der Waals surface area contributed by atoms with E-state index < -0.39 is 0 Å². The Bertz CT molecular complexity index is 397. The quantitative estimate of drug-likeness (QED) is 0.878. The second-order valence-electron chi connectivity index (χ2n) is 4.37. The van der Waals surface area contributed by atoms with Gasteiger partial charge in [-0.05, 0) is 18.6 Å². The van der Waals surface area contributed by atoms with Gasteiger partial charge in [0.15, 0.2) is 0 Å². The highest BCUT2D eigenvalue weighted by Gasteiger charge is 2.35. The van der Waals surface area contributed by atoms with Crippen LogP contribution in [0.4, 0.5) is 0 Å². The van der Waals surface area contributed by atoms with Crippen molar-refractivity contribution in [2.24, 2.45) is 0 Å². The van der Waals surface area contributed by atoms with E-state index in [-0.39, 0.29) is 12.4 Å². The molecule has 0 saturated carbocycles. The van der Waals surface area contributed by atoms with E-state index in [1.807, 2.05) is 13.0 Å². The summed E-state index contributed by atoms with van der Waals surface area (Å²) in [6.07, 6.45) is 0.351. The summed E-state index contributed by atoms with van der Waals surface area (Å²) in [5.74, 6) is 1.49. The maximum atomic E-state index is 5.87. The smallest absolute Gasteiger partial charge is 0.125 e. The van der Waals surface area contributed by atoms with Crippen molar-refractivity contribution in [3.8, 4) is 5.75 Å². The lowest BCUT2D eigenvalue weighted by molar-refractivity contribution is 0.0283. The molecule has 2 aliphatic rings. The molecule has 0 bridgehead atoms. The standard InChI is InChI=1S/C13H17NO2.ClH/c1-2-15-12-5-3-4-9-10-6-14-7-13(10)16-8-11(9)12;/h3-5,10,13-14H,2,6-8H2,1H3;1H. The van der Waals surface area contributed by atoms with Crippen LogP contribution in [0.3, 0.4) is 0 Å². The van der Waals surface area contributed by atoms with Gasteiger partial charge in [0.1, 0.15) is 5.75 Å². The molecular formula is C13H18ClNO2. The molecule has 0 aliphatic carbocycles. The number of rotatable bonds is 2. The first-order chi connectivity index (χ1) is 7.90. The predicted octanol–water partition coefficient (Wildman–Crippen LogP) is 2.09. The molecule has 2 unspecified atom stereocenters. The van der Waals surface area contributed by atoms with Crippen LogP contribution in [0.2, 0.25) is 0 Å². The molecule has 0 amide bonds. The van der Waals surface area contributed by atoms with Crippen LogP contribution in [0.15, 0.2) is 18.2 Å². The fourth-order valence-corrected chi connectivity index (χ4v) is 2.71. The number of halogens is 1. The van der Waals surface area contributed by atoms with Crippen LogP contribution < -0.4 is 10.1 Å². The summed E-state index contributed by atoms with van der Waals surface area (Å²) >= 11 is 0. The fourth-order valence-electron chi connectivity index (χ4n) is 2.71. The van der Waals surface area contributed by atoms with E-state index in [9.17, 15) is 0 Å². The van der Waals surface area contributed by atoms with Crippen LogP contribution in [0.5, 0.6) is 5.75 Å². The van der Waals surface area contributed by atoms with Crippen LogP contribution in [-0.2, 0) is 11.3 Å². The van der Waals surface area contributed by atoms with Crippen LogP contribution in [-0.4, -0.2) is 25.8 Å². The maximum Gasteiger partial charge on any atom is 0.125 e. The zero-order valence-electron chi connectivity index (χ0n) is 9.94. The van der Waals surface area contributed by atoms with Crippen molar-refractivity contribution in [2.45, 2.75) is 25.6 Å². The van der Waals surface area contributed by atoms with Crippen molar-refractivity contribution in [1.29, 1.82) is 0 Å². The van der Waals surface area contributed by atoms with E-state index >= 15 is 0 Å². The Kier molecular flexibility index (Phi) is 3.92. The molecule has 0 spiro atoms. The van der Waals surface area contributed by atoms with Gasteiger partial charge in [-0.15, -0.1) is 12.4 Å². The monoisotopic (exact) mass is 255 g/mol. The minimum atomic E-state index is 0. The Balaban J connectivity index is 0.00000108. The van der Waals surface area contributed by atoms with Gasteiger partial charge >= 0.3 is 0 Å². The summed E-state index contributed by atoms with van der Waals surface area (Å²) in [6, 6.07) is 6.34. The van der Waals surface area contributed by atoms with Crippen molar-refractivity contribution < 1.29 is 9.47 Å². The number of fused-ring (bicyclic) bond motifs is 3. The molecule has 0 aromatic heterocycles. The Morgan fingerprint density at radius 1 is 1.41 bits per heavy atom. The Morgan fingerprint density at radius 3 is 3.12 bits per heavy atom. The van der Waals surface area contributed by atoms with E-state index in [1.54, 1.807) is 0 Å². The van der Waals surface area contributed by atoms with Crippen molar-refractivity contribution in [3.05, 3.63) is 29.3 Å². The lowest BCUT2D eigenvalue weighted by Gasteiger charge is -2.29. The summed E-state index contributed by atoms with van der Waals surface area (Å²) in [4.78, 5) is 0. The van der Waals surface area contributed by atoms with Crippen molar-refractivity contribution in [1.82, 2.24) is 5.32 Å². The topological polar surface area (TPSA) is 30.5 Å². The molecule has 94 valence electrons. The third-order valence-electron chi connectivity index (χ3n) is 3.47. The van der Waals surface area contributed by atoms with Crippen LogP contribution in [0, 0.1) is 0 Å². The molecule has 2 heterocycles. The summed E-state index contributed by atoms with van der Waals surface area (Å²) in [5, 5.41) is 3.39. The van der Waals surface area contributed by atoms with Gasteiger partial charge < -0.3 is 14.8 Å². The largest absolute Gasteiger partial charge is 0.493 e. The highest BCUT2D eigenvalue weighted by atomic mass is 35.5. The molecule has 1 aromatic carbocycles. The average Bonchev–Trinajstić information content (AvgIpc) is 2.78. The zero-order chi connectivity index (χ0) is 11.0. The van der Waals surface area contributed by atoms with E-state index in [4.69, 9.17) is 9.47 Å². The SMILES string of the molecule is CCOc1cccc2c1COC1CNCC21.Cl. The first-order valence-corrected chi connectivity index (χ1v) is 5.97. The minimum absolute atomic E-state index is 0. The first kappa shape index (κ1) is 12.7. The Labute approximate surface area is 108 Å². The third kappa shape index (κ3) is 2.15. The van der Waals surface area contributed by atoms with Crippen LogP contribution in [0.25, 0.3) is 0 Å². The summed E-state index contributed by atoms with van der Waals surface area (Å²) < 4.78 is 11.5. The molecule has 2 aliphatic heterocycles. The lowest BCUT2D eigenvalue weighted by Crippen LogP contribution is -2.27. The van der Waals surface area contributed by atoms with Gasteiger partial charge in [0, 0.05) is 24.6 Å². The van der Waals surface area contributed by atoms with Gasteiger partial charge in [-0.2, -0.15) is 0 Å². The van der Waals surface area contributed by atoms with Gasteiger partial charge in [-0.25, -0.2) is 0 Å². The van der Waals surface area contributed by atoms with Gasteiger partial charge in [0.2, 0.25) is 0 Å². The molecule has 0 radical (unpaired) electrons. The molecule has 17 heavy (non-hydrogen) atoms. The molecule has 1 N–H and O–H groups in total. The summed E-state index contributed by atoms with van der Waals surface area (Å²) in [5.41, 5.74) is 2.65. The van der Waals surface area contributed by atoms with Crippen molar-refractivity contribution >= 4 is 12.4 Å². The normalized spacial score (nSPS) is 25.7. The third-order valence-corrected chi connectivity index (χ3v) is 3.47.